The zero-order valence-corrected chi connectivity index (χ0v) is 22.1. The van der Waals surface area contributed by atoms with Gasteiger partial charge in [-0.1, -0.05) is 29.7 Å². The number of nitrogens with zero attached hydrogens (tertiary/aromatic N) is 3. The van der Waals surface area contributed by atoms with Crippen molar-refractivity contribution in [2.75, 3.05) is 39.1 Å². The summed E-state index contributed by atoms with van der Waals surface area (Å²) in [4.78, 5) is 43.3. The number of nitrogens with one attached hydrogen (secondary N) is 1. The highest BCUT2D eigenvalue weighted by Gasteiger charge is 2.38. The van der Waals surface area contributed by atoms with Gasteiger partial charge in [0.25, 0.3) is 5.91 Å². The van der Waals surface area contributed by atoms with Gasteiger partial charge in [0.1, 0.15) is 12.0 Å². The van der Waals surface area contributed by atoms with Crippen LogP contribution in [0.5, 0.6) is 5.75 Å². The summed E-state index contributed by atoms with van der Waals surface area (Å²) in [6, 6.07) is 3.80. The van der Waals surface area contributed by atoms with Crippen molar-refractivity contribution in [1.82, 2.24) is 14.8 Å². The zero-order valence-electron chi connectivity index (χ0n) is 20.5. The lowest BCUT2D eigenvalue weighted by Gasteiger charge is -2.46. The molecule has 184 valence electrons. The van der Waals surface area contributed by atoms with Gasteiger partial charge in [-0.05, 0) is 51.5 Å². The molecular formula is C24H32N4O4S2. The fourth-order valence-electron chi connectivity index (χ4n) is 3.66. The van der Waals surface area contributed by atoms with E-state index in [2.05, 4.69) is 16.9 Å². The average Bonchev–Trinajstić information content (AvgIpc) is 3.26. The van der Waals surface area contributed by atoms with E-state index in [-0.39, 0.29) is 11.8 Å². The number of benzene rings is 1. The van der Waals surface area contributed by atoms with Gasteiger partial charge in [0.15, 0.2) is 5.13 Å². The molecule has 2 amide bonds. The van der Waals surface area contributed by atoms with E-state index in [1.807, 2.05) is 46.1 Å². The molecular weight excluding hydrogens is 472 g/mol. The molecule has 1 aliphatic rings. The summed E-state index contributed by atoms with van der Waals surface area (Å²) in [5, 5.41) is 3.89. The van der Waals surface area contributed by atoms with Gasteiger partial charge < -0.3 is 24.6 Å². The molecule has 1 saturated heterocycles. The van der Waals surface area contributed by atoms with Gasteiger partial charge in [-0.2, -0.15) is 0 Å². The molecule has 1 aliphatic heterocycles. The fraction of sp³-hybridized carbons (Fsp3) is 0.417. The maximum absolute atomic E-state index is 13.5. The Morgan fingerprint density at radius 3 is 2.53 bits per heavy atom. The van der Waals surface area contributed by atoms with Crippen molar-refractivity contribution >= 4 is 46.3 Å². The number of carbonyl (C=O) groups excluding carboxylic acids is 3. The van der Waals surface area contributed by atoms with Crippen molar-refractivity contribution in [2.45, 2.75) is 42.3 Å². The number of hydrogen-bond acceptors (Lipinski definition) is 8. The van der Waals surface area contributed by atoms with Crippen LogP contribution in [-0.2, 0) is 9.59 Å². The van der Waals surface area contributed by atoms with Gasteiger partial charge in [-0.25, -0.2) is 4.98 Å². The van der Waals surface area contributed by atoms with Crippen LogP contribution in [0.4, 0.5) is 5.13 Å². The highest BCUT2D eigenvalue weighted by molar-refractivity contribution is 8.01. The minimum atomic E-state index is -0.485. The van der Waals surface area contributed by atoms with Crippen molar-refractivity contribution in [2.24, 2.45) is 0 Å². The van der Waals surface area contributed by atoms with Gasteiger partial charge >= 0.3 is 0 Å². The number of methoxy groups -OCH3 is 1. The Hall–Kier alpha value is -2.85. The lowest BCUT2D eigenvalue weighted by Crippen LogP contribution is -2.61. The SMILES string of the molecule is C=CC(=O)N1CCN(C(=O)c2cc(Sc3cnc(NC)s3)c(C)cc2OC)CC1(C)C.CC=O. The van der Waals surface area contributed by atoms with Gasteiger partial charge in [0.2, 0.25) is 5.91 Å². The van der Waals surface area contributed by atoms with Crippen LogP contribution in [0.2, 0.25) is 0 Å². The molecule has 0 atom stereocenters. The van der Waals surface area contributed by atoms with Crippen LogP contribution in [0.15, 0.2) is 40.1 Å². The first-order valence-electron chi connectivity index (χ1n) is 10.7. The van der Waals surface area contributed by atoms with E-state index in [1.165, 1.54) is 13.0 Å². The molecule has 0 bridgehead atoms. The number of ether oxygens (including phenoxy) is 1. The second-order valence-electron chi connectivity index (χ2n) is 8.12. The third-order valence-electron chi connectivity index (χ3n) is 5.27. The van der Waals surface area contributed by atoms with Gasteiger partial charge in [-0.3, -0.25) is 9.59 Å². The van der Waals surface area contributed by atoms with Crippen LogP contribution in [0.1, 0.15) is 36.7 Å². The molecule has 34 heavy (non-hydrogen) atoms. The predicted molar refractivity (Wildman–Crippen MR) is 137 cm³/mol. The summed E-state index contributed by atoms with van der Waals surface area (Å²) in [6.45, 7) is 12.3. The van der Waals surface area contributed by atoms with Gasteiger partial charge in [-0.15, -0.1) is 0 Å². The Morgan fingerprint density at radius 1 is 1.32 bits per heavy atom. The smallest absolute Gasteiger partial charge is 0.257 e. The highest BCUT2D eigenvalue weighted by atomic mass is 32.2. The molecule has 3 rings (SSSR count). The van der Waals surface area contributed by atoms with Crippen LogP contribution >= 0.6 is 23.1 Å². The third kappa shape index (κ3) is 6.38. The van der Waals surface area contributed by atoms with Crippen LogP contribution in [-0.4, -0.2) is 72.2 Å². The monoisotopic (exact) mass is 504 g/mol. The zero-order chi connectivity index (χ0) is 25.5. The summed E-state index contributed by atoms with van der Waals surface area (Å²) < 4.78 is 6.58. The first kappa shape index (κ1) is 27.4. The number of piperazine rings is 1. The lowest BCUT2D eigenvalue weighted by atomic mass is 9.97. The second-order valence-corrected chi connectivity index (χ2v) is 10.5. The number of anilines is 1. The third-order valence-corrected chi connectivity index (χ3v) is 7.54. The predicted octanol–water partition coefficient (Wildman–Crippen LogP) is 4.11. The maximum Gasteiger partial charge on any atom is 0.257 e. The van der Waals surface area contributed by atoms with Crippen LogP contribution in [0.3, 0.4) is 0 Å². The number of aryl methyl sites for hydroxylation is 1. The summed E-state index contributed by atoms with van der Waals surface area (Å²) in [7, 11) is 3.41. The van der Waals surface area contributed by atoms with Gasteiger partial charge in [0, 0.05) is 31.6 Å². The van der Waals surface area contributed by atoms with Crippen LogP contribution in [0, 0.1) is 6.92 Å². The second kappa shape index (κ2) is 12.0. The van der Waals surface area contributed by atoms with E-state index in [0.717, 1.165) is 26.1 Å². The molecule has 0 saturated carbocycles. The molecule has 1 aromatic heterocycles. The van der Waals surface area contributed by atoms with E-state index in [1.54, 1.807) is 40.0 Å². The summed E-state index contributed by atoms with van der Waals surface area (Å²) in [5.41, 5.74) is 1.06. The lowest BCUT2D eigenvalue weighted by molar-refractivity contribution is -0.134. The maximum atomic E-state index is 13.5. The molecule has 1 N–H and O–H groups in total. The molecule has 0 aliphatic carbocycles. The van der Waals surface area contributed by atoms with Crippen molar-refractivity contribution in [1.29, 1.82) is 0 Å². The Kier molecular flexibility index (Phi) is 9.69. The quantitative estimate of drug-likeness (QED) is 0.468. The summed E-state index contributed by atoms with van der Waals surface area (Å²) in [5.74, 6) is 0.335. The van der Waals surface area contributed by atoms with Crippen molar-refractivity contribution in [3.05, 3.63) is 42.1 Å². The standard InChI is InChI=1S/C22H28N4O3S2.C2H4O/c1-7-18(27)26-9-8-25(13-22(26,3)4)20(28)15-11-17(14(2)10-16(15)29-6)30-19-12-24-21(23-5)31-19;1-2-3/h7,10-12H,1,8-9,13H2,2-6H3,(H,23,24);2H,1H3. The van der Waals surface area contributed by atoms with Crippen molar-refractivity contribution in [3.63, 3.8) is 0 Å². The number of amides is 2. The molecule has 10 heteroatoms. The number of rotatable bonds is 6. The van der Waals surface area contributed by atoms with E-state index in [0.29, 0.717) is 30.9 Å². The average molecular weight is 505 g/mol. The van der Waals surface area contributed by atoms with Crippen LogP contribution < -0.4 is 10.1 Å². The molecule has 0 radical (unpaired) electrons. The largest absolute Gasteiger partial charge is 0.496 e. The fourth-order valence-corrected chi connectivity index (χ4v) is 5.55. The number of thiazole rings is 1. The minimum absolute atomic E-state index is 0.0994. The van der Waals surface area contributed by atoms with E-state index in [4.69, 9.17) is 9.53 Å². The molecule has 0 unspecified atom stereocenters. The molecule has 8 nitrogen and oxygen atoms in total. The number of aromatic nitrogens is 1. The van der Waals surface area contributed by atoms with Crippen molar-refractivity contribution < 1.29 is 19.1 Å². The van der Waals surface area contributed by atoms with E-state index >= 15 is 0 Å². The highest BCUT2D eigenvalue weighted by Crippen LogP contribution is 2.38. The molecule has 0 spiro atoms. The molecule has 2 aromatic rings. The van der Waals surface area contributed by atoms with Crippen LogP contribution in [0.25, 0.3) is 0 Å². The number of aldehydes is 1. The van der Waals surface area contributed by atoms with E-state index < -0.39 is 5.54 Å². The topological polar surface area (TPSA) is 91.8 Å². The van der Waals surface area contributed by atoms with Gasteiger partial charge in [0.05, 0.1) is 28.6 Å². The first-order valence-corrected chi connectivity index (χ1v) is 12.4. The Bertz CT molecular complexity index is 1050. The Morgan fingerprint density at radius 2 is 2.00 bits per heavy atom. The number of carbonyl (C=O) groups is 3. The molecule has 1 aromatic carbocycles. The number of hydrogen-bond donors (Lipinski definition) is 1. The normalized spacial score (nSPS) is 14.5. The Labute approximate surface area is 209 Å². The van der Waals surface area contributed by atoms with Crippen molar-refractivity contribution in [3.8, 4) is 5.75 Å². The first-order chi connectivity index (χ1) is 16.1. The minimum Gasteiger partial charge on any atom is -0.496 e. The van der Waals surface area contributed by atoms with E-state index in [9.17, 15) is 9.59 Å². The molecule has 2 heterocycles. The molecule has 1 fully saturated rings. The summed E-state index contributed by atoms with van der Waals surface area (Å²) >= 11 is 3.14. The summed E-state index contributed by atoms with van der Waals surface area (Å²) in [6.07, 6.45) is 3.90. The Balaban J connectivity index is 0.00000129.